The number of nitrogens with one attached hydrogen (secondary N) is 1. The third-order valence-corrected chi connectivity index (χ3v) is 4.00. The summed E-state index contributed by atoms with van der Waals surface area (Å²) in [5, 5.41) is 12.3. The maximum Gasteiger partial charge on any atom is 0.335 e. The highest BCUT2D eigenvalue weighted by molar-refractivity contribution is 9.10. The van der Waals surface area contributed by atoms with E-state index in [2.05, 4.69) is 21.2 Å². The van der Waals surface area contributed by atoms with Crippen LogP contribution in [0.4, 0.5) is 0 Å². The smallest absolute Gasteiger partial charge is 0.335 e. The Morgan fingerprint density at radius 2 is 2.32 bits per heavy atom. The van der Waals surface area contributed by atoms with Gasteiger partial charge >= 0.3 is 5.97 Å². The summed E-state index contributed by atoms with van der Waals surface area (Å²) in [5.74, 6) is -0.907. The summed E-state index contributed by atoms with van der Waals surface area (Å²) in [6.45, 7) is 2.41. The Morgan fingerprint density at radius 3 is 2.95 bits per heavy atom. The lowest BCUT2D eigenvalue weighted by Gasteiger charge is -2.22. The van der Waals surface area contributed by atoms with Crippen LogP contribution in [0.5, 0.6) is 0 Å². The molecular formula is C14H18BrNO3. The molecule has 1 unspecified atom stereocenters. The fourth-order valence-corrected chi connectivity index (χ4v) is 2.68. The molecule has 0 bridgehead atoms. The average Bonchev–Trinajstić information content (AvgIpc) is 2.41. The van der Waals surface area contributed by atoms with E-state index in [4.69, 9.17) is 9.84 Å². The standard InChI is InChI=1S/C14H18BrNO3/c15-13-7-10(14(17)18)4-5-11(13)8-16-9-12-3-1-2-6-19-12/h4-5,7,12,16H,1-3,6,8-9H2,(H,17,18). The summed E-state index contributed by atoms with van der Waals surface area (Å²) in [5.41, 5.74) is 1.35. The van der Waals surface area contributed by atoms with E-state index in [-0.39, 0.29) is 0 Å². The lowest BCUT2D eigenvalue weighted by atomic mass is 10.1. The van der Waals surface area contributed by atoms with Crippen LogP contribution in [0, 0.1) is 0 Å². The molecule has 2 N–H and O–H groups in total. The molecule has 0 amide bonds. The van der Waals surface area contributed by atoms with Gasteiger partial charge in [0.05, 0.1) is 11.7 Å². The molecule has 104 valence electrons. The summed E-state index contributed by atoms with van der Waals surface area (Å²) in [6, 6.07) is 5.10. The molecule has 1 aliphatic heterocycles. The van der Waals surface area contributed by atoms with Gasteiger partial charge in [0.2, 0.25) is 0 Å². The minimum absolute atomic E-state index is 0.297. The summed E-state index contributed by atoms with van der Waals surface area (Å²) in [7, 11) is 0. The predicted octanol–water partition coefficient (Wildman–Crippen LogP) is 2.81. The van der Waals surface area contributed by atoms with Crippen molar-refractivity contribution in [2.45, 2.75) is 31.9 Å². The van der Waals surface area contributed by atoms with Gasteiger partial charge in [0.15, 0.2) is 0 Å². The topological polar surface area (TPSA) is 58.6 Å². The molecule has 19 heavy (non-hydrogen) atoms. The summed E-state index contributed by atoms with van der Waals surface area (Å²) in [6.07, 6.45) is 3.83. The van der Waals surface area contributed by atoms with Crippen LogP contribution in [0.15, 0.2) is 22.7 Å². The molecule has 2 rings (SSSR count). The van der Waals surface area contributed by atoms with Gasteiger partial charge in [0.1, 0.15) is 0 Å². The number of carboxylic acids is 1. The van der Waals surface area contributed by atoms with Crippen molar-refractivity contribution in [3.05, 3.63) is 33.8 Å². The Bertz CT molecular complexity index is 444. The quantitative estimate of drug-likeness (QED) is 0.873. The van der Waals surface area contributed by atoms with Crippen LogP contribution in [0.25, 0.3) is 0 Å². The van der Waals surface area contributed by atoms with Gasteiger partial charge in [0.25, 0.3) is 0 Å². The molecule has 0 aromatic heterocycles. The van der Waals surface area contributed by atoms with Crippen LogP contribution >= 0.6 is 15.9 Å². The number of rotatable bonds is 5. The van der Waals surface area contributed by atoms with Crippen molar-refractivity contribution in [1.29, 1.82) is 0 Å². The molecule has 1 aromatic carbocycles. The summed E-state index contributed by atoms with van der Waals surface area (Å²) < 4.78 is 6.47. The lowest BCUT2D eigenvalue weighted by Crippen LogP contribution is -2.31. The lowest BCUT2D eigenvalue weighted by molar-refractivity contribution is 0.0168. The molecule has 1 saturated heterocycles. The maximum atomic E-state index is 10.8. The molecule has 1 heterocycles. The van der Waals surface area contributed by atoms with Gasteiger partial charge in [-0.15, -0.1) is 0 Å². The largest absolute Gasteiger partial charge is 0.478 e. The molecule has 0 radical (unpaired) electrons. The number of hydrogen-bond acceptors (Lipinski definition) is 3. The Labute approximate surface area is 121 Å². The normalized spacial score (nSPS) is 19.3. The summed E-state index contributed by atoms with van der Waals surface area (Å²) in [4.78, 5) is 10.8. The second-order valence-electron chi connectivity index (χ2n) is 4.73. The zero-order valence-electron chi connectivity index (χ0n) is 10.7. The van der Waals surface area contributed by atoms with Gasteiger partial charge in [0, 0.05) is 24.2 Å². The predicted molar refractivity (Wildman–Crippen MR) is 76.4 cm³/mol. The van der Waals surface area contributed by atoms with Crippen molar-refractivity contribution in [2.75, 3.05) is 13.2 Å². The zero-order valence-corrected chi connectivity index (χ0v) is 12.3. The van der Waals surface area contributed by atoms with E-state index < -0.39 is 5.97 Å². The highest BCUT2D eigenvalue weighted by Crippen LogP contribution is 2.19. The maximum absolute atomic E-state index is 10.8. The van der Waals surface area contributed by atoms with Crippen LogP contribution < -0.4 is 5.32 Å². The summed E-state index contributed by atoms with van der Waals surface area (Å²) >= 11 is 3.41. The van der Waals surface area contributed by atoms with Crippen molar-refractivity contribution >= 4 is 21.9 Å². The molecular weight excluding hydrogens is 310 g/mol. The van der Waals surface area contributed by atoms with Gasteiger partial charge in [-0.2, -0.15) is 0 Å². The number of ether oxygens (including phenoxy) is 1. The third kappa shape index (κ3) is 4.30. The Hall–Kier alpha value is -0.910. The van der Waals surface area contributed by atoms with E-state index in [0.717, 1.165) is 29.6 Å². The second kappa shape index (κ2) is 7.03. The van der Waals surface area contributed by atoms with Crippen molar-refractivity contribution < 1.29 is 14.6 Å². The van der Waals surface area contributed by atoms with Crippen LogP contribution in [-0.4, -0.2) is 30.3 Å². The Morgan fingerprint density at radius 1 is 1.47 bits per heavy atom. The number of carbonyl (C=O) groups is 1. The molecule has 0 spiro atoms. The van der Waals surface area contributed by atoms with E-state index in [1.54, 1.807) is 12.1 Å². The van der Waals surface area contributed by atoms with Crippen LogP contribution in [0.1, 0.15) is 35.2 Å². The number of carboxylic acid groups (broad SMARTS) is 1. The zero-order chi connectivity index (χ0) is 13.7. The van der Waals surface area contributed by atoms with Gasteiger partial charge in [-0.3, -0.25) is 0 Å². The SMILES string of the molecule is O=C(O)c1ccc(CNCC2CCCCO2)c(Br)c1. The first-order valence-electron chi connectivity index (χ1n) is 6.51. The van der Waals surface area contributed by atoms with Crippen molar-refractivity contribution in [1.82, 2.24) is 5.32 Å². The second-order valence-corrected chi connectivity index (χ2v) is 5.59. The molecule has 1 aromatic rings. The molecule has 0 aliphatic carbocycles. The molecule has 0 saturated carbocycles. The van der Waals surface area contributed by atoms with Gasteiger partial charge < -0.3 is 15.2 Å². The minimum atomic E-state index is -0.907. The van der Waals surface area contributed by atoms with Crippen molar-refractivity contribution in [2.24, 2.45) is 0 Å². The fraction of sp³-hybridized carbons (Fsp3) is 0.500. The Kier molecular flexibility index (Phi) is 5.36. The van der Waals surface area contributed by atoms with E-state index in [9.17, 15) is 4.79 Å². The number of hydrogen-bond donors (Lipinski definition) is 2. The highest BCUT2D eigenvalue weighted by Gasteiger charge is 2.13. The first kappa shape index (κ1) is 14.5. The van der Waals surface area contributed by atoms with E-state index >= 15 is 0 Å². The van der Waals surface area contributed by atoms with Gasteiger partial charge in [-0.25, -0.2) is 4.79 Å². The van der Waals surface area contributed by atoms with E-state index in [1.165, 1.54) is 12.8 Å². The van der Waals surface area contributed by atoms with E-state index in [1.807, 2.05) is 6.07 Å². The molecule has 5 heteroatoms. The molecule has 1 fully saturated rings. The number of halogens is 1. The average molecular weight is 328 g/mol. The van der Waals surface area contributed by atoms with Gasteiger partial charge in [-0.05, 0) is 37.0 Å². The molecule has 4 nitrogen and oxygen atoms in total. The molecule has 1 atom stereocenters. The number of benzene rings is 1. The fourth-order valence-electron chi connectivity index (χ4n) is 2.16. The third-order valence-electron chi connectivity index (χ3n) is 3.26. The van der Waals surface area contributed by atoms with Crippen molar-refractivity contribution in [3.8, 4) is 0 Å². The van der Waals surface area contributed by atoms with Crippen LogP contribution in [0.3, 0.4) is 0 Å². The number of aromatic carboxylic acids is 1. The van der Waals surface area contributed by atoms with E-state index in [0.29, 0.717) is 18.2 Å². The molecule has 1 aliphatic rings. The first-order chi connectivity index (χ1) is 9.16. The van der Waals surface area contributed by atoms with Crippen molar-refractivity contribution in [3.63, 3.8) is 0 Å². The van der Waals surface area contributed by atoms with Crippen LogP contribution in [0.2, 0.25) is 0 Å². The van der Waals surface area contributed by atoms with Gasteiger partial charge in [-0.1, -0.05) is 22.0 Å². The Balaban J connectivity index is 1.83. The first-order valence-corrected chi connectivity index (χ1v) is 7.30. The minimum Gasteiger partial charge on any atom is -0.478 e. The van der Waals surface area contributed by atoms with Crippen LogP contribution in [-0.2, 0) is 11.3 Å². The monoisotopic (exact) mass is 327 g/mol. The highest BCUT2D eigenvalue weighted by atomic mass is 79.9.